The summed E-state index contributed by atoms with van der Waals surface area (Å²) in [7, 11) is 0. The van der Waals surface area contributed by atoms with Crippen molar-refractivity contribution in [3.05, 3.63) is 29.3 Å². The number of hydrogen-bond acceptors (Lipinski definition) is 1. The van der Waals surface area contributed by atoms with E-state index in [1.807, 2.05) is 0 Å². The van der Waals surface area contributed by atoms with Crippen LogP contribution in [-0.2, 0) is 16.3 Å². The van der Waals surface area contributed by atoms with Crippen LogP contribution >= 0.6 is 25.2 Å². The number of pyridine rings is 1. The van der Waals surface area contributed by atoms with E-state index in [2.05, 4.69) is 24.8 Å². The van der Waals surface area contributed by atoms with Crippen molar-refractivity contribution in [2.45, 2.75) is 0 Å². The van der Waals surface area contributed by atoms with Crippen LogP contribution in [-0.4, -0.2) is 4.98 Å². The van der Waals surface area contributed by atoms with Crippen LogP contribution in [0.5, 0.6) is 0 Å². The second-order valence-corrected chi connectivity index (χ2v) is 1.65. The fourth-order valence-electron chi connectivity index (χ4n) is 0.346. The topological polar surface area (TPSA) is 12.9 Å². The number of rotatable bonds is 0. The van der Waals surface area contributed by atoms with Gasteiger partial charge in [-0.25, -0.2) is 4.39 Å². The predicted molar refractivity (Wildman–Crippen MR) is 37.0 cm³/mol. The Kier molecular flexibility index (Phi) is 6.49. The fraction of sp³-hybridized carbons (Fsp3) is 0. The summed E-state index contributed by atoms with van der Waals surface area (Å²) in [6.07, 6.45) is 3.40. The molecule has 5 heteroatoms. The first-order valence-electron chi connectivity index (χ1n) is 2.24. The summed E-state index contributed by atoms with van der Waals surface area (Å²) in [5.74, 6) is -0.436. The average Bonchev–Trinajstić information content (AvgIpc) is 1.91. The molecule has 0 aliphatic heterocycles. The van der Waals surface area contributed by atoms with Gasteiger partial charge in [0, 0.05) is 5.82 Å². The van der Waals surface area contributed by atoms with Crippen molar-refractivity contribution in [1.29, 1.82) is 0 Å². The number of hydrogen-bond donors (Lipinski definition) is 0. The van der Waals surface area contributed by atoms with E-state index >= 15 is 0 Å². The molecular formula is C5H2BrClFNZn. The van der Waals surface area contributed by atoms with Gasteiger partial charge in [-0.15, -0.1) is 17.7 Å². The van der Waals surface area contributed by atoms with E-state index < -0.39 is 5.82 Å². The molecule has 0 aliphatic rings. The van der Waals surface area contributed by atoms with E-state index in [1.54, 1.807) is 0 Å². The molecule has 0 radical (unpaired) electrons. The fourth-order valence-corrected chi connectivity index (χ4v) is 0.499. The molecule has 0 aromatic carbocycles. The Hall–Kier alpha value is 0.473. The first-order chi connectivity index (χ1) is 4.79. The Bertz CT molecular complexity index is 182. The maximum absolute atomic E-state index is 12.0. The van der Waals surface area contributed by atoms with E-state index in [-0.39, 0.29) is 5.02 Å². The van der Waals surface area contributed by atoms with Crippen LogP contribution in [0.4, 0.5) is 4.39 Å². The van der Waals surface area contributed by atoms with Gasteiger partial charge >= 0.3 is 30.0 Å². The van der Waals surface area contributed by atoms with Crippen molar-refractivity contribution in [2.24, 2.45) is 0 Å². The van der Waals surface area contributed by atoms with E-state index in [4.69, 9.17) is 11.6 Å². The average molecular weight is 276 g/mol. The predicted octanol–water partition coefficient (Wildman–Crippen LogP) is 2.52. The van der Waals surface area contributed by atoms with Gasteiger partial charge in [0.25, 0.3) is 0 Å². The summed E-state index contributed by atoms with van der Waals surface area (Å²) in [5.41, 5.74) is 0. The molecule has 0 saturated carbocycles. The molecule has 1 aromatic rings. The van der Waals surface area contributed by atoms with Crippen molar-refractivity contribution >= 4 is 25.2 Å². The van der Waals surface area contributed by atoms with Crippen molar-refractivity contribution in [3.8, 4) is 0 Å². The molecule has 0 atom stereocenters. The molecule has 0 unspecified atom stereocenters. The zero-order valence-corrected chi connectivity index (χ0v) is 10.3. The summed E-state index contributed by atoms with van der Waals surface area (Å²) < 4.78 is 12.0. The zero-order valence-electron chi connectivity index (χ0n) is 4.94. The Balaban J connectivity index is 0.000000371. The molecule has 1 nitrogen and oxygen atoms in total. The third-order valence-electron chi connectivity index (χ3n) is 0.624. The number of halogens is 3. The zero-order chi connectivity index (χ0) is 7.98. The first kappa shape index (κ1) is 10.5. The van der Waals surface area contributed by atoms with Crippen molar-refractivity contribution in [2.75, 3.05) is 0 Å². The molecule has 10 heavy (non-hydrogen) atoms. The Morgan fingerprint density at radius 3 is 2.60 bits per heavy atom. The summed E-state index contributed by atoms with van der Waals surface area (Å²) in [4.78, 5) is 3.35. The van der Waals surface area contributed by atoms with Crippen molar-refractivity contribution in [1.82, 2.24) is 4.98 Å². The molecule has 1 rings (SSSR count). The standard InChI is InChI=1S/C5H2ClFN.BrH.Zn/c6-4-1-5(7)3-8-2-4;;/h1,3H;1H;/q-1;;+2/p-1. The van der Waals surface area contributed by atoms with Crippen LogP contribution in [0.1, 0.15) is 0 Å². The molecule has 0 N–H and O–H groups in total. The van der Waals surface area contributed by atoms with E-state index in [1.165, 1.54) is 16.3 Å². The molecule has 0 spiro atoms. The summed E-state index contributed by atoms with van der Waals surface area (Å²) in [5, 5.41) is 0.199. The molecule has 1 heterocycles. The van der Waals surface area contributed by atoms with Crippen molar-refractivity contribution in [3.63, 3.8) is 0 Å². The molecule has 0 fully saturated rings. The molecule has 50 valence electrons. The van der Waals surface area contributed by atoms with Gasteiger partial charge < -0.3 is 4.98 Å². The summed E-state index contributed by atoms with van der Waals surface area (Å²) in [6, 6.07) is 1.15. The third kappa shape index (κ3) is 4.31. The SMILES string of the molecule is Fc1cn[c-]c(Cl)c1.[Zn+][Br]. The maximum atomic E-state index is 12.0. The summed E-state index contributed by atoms with van der Waals surface area (Å²) in [6.45, 7) is 0. The monoisotopic (exact) mass is 273 g/mol. The Labute approximate surface area is 80.0 Å². The summed E-state index contributed by atoms with van der Waals surface area (Å²) >= 11 is 9.54. The van der Waals surface area contributed by atoms with Crippen molar-refractivity contribution < 1.29 is 20.7 Å². The third-order valence-corrected chi connectivity index (χ3v) is 0.817. The van der Waals surface area contributed by atoms with Gasteiger partial charge in [0.05, 0.1) is 0 Å². The van der Waals surface area contributed by atoms with Crippen LogP contribution < -0.4 is 0 Å². The Morgan fingerprint density at radius 1 is 1.70 bits per heavy atom. The molecule has 0 aliphatic carbocycles. The first-order valence-corrected chi connectivity index (χ1v) is 9.57. The van der Waals surface area contributed by atoms with Gasteiger partial charge in [-0.2, -0.15) is 0 Å². The van der Waals surface area contributed by atoms with Crippen LogP contribution in [0.2, 0.25) is 5.02 Å². The normalized spacial score (nSPS) is 8.10. The molecular weight excluding hydrogens is 274 g/mol. The van der Waals surface area contributed by atoms with Gasteiger partial charge in [0.1, 0.15) is 0 Å². The van der Waals surface area contributed by atoms with Gasteiger partial charge in [0.2, 0.25) is 0 Å². The van der Waals surface area contributed by atoms with Crippen LogP contribution in [0.25, 0.3) is 0 Å². The molecule has 0 saturated heterocycles. The van der Waals surface area contributed by atoms with Crippen LogP contribution in [0, 0.1) is 12.0 Å². The van der Waals surface area contributed by atoms with Crippen LogP contribution in [0.3, 0.4) is 0 Å². The van der Waals surface area contributed by atoms with E-state index in [0.29, 0.717) is 0 Å². The van der Waals surface area contributed by atoms with Gasteiger partial charge in [-0.3, -0.25) is 0 Å². The number of nitrogens with zero attached hydrogens (tertiary/aromatic N) is 1. The Morgan fingerprint density at radius 2 is 2.30 bits per heavy atom. The second kappa shape index (κ2) is 6.20. The minimum atomic E-state index is -0.436. The molecule has 0 amide bonds. The second-order valence-electron chi connectivity index (χ2n) is 1.25. The van der Waals surface area contributed by atoms with Gasteiger partial charge in [-0.05, 0) is 0 Å². The van der Waals surface area contributed by atoms with E-state index in [0.717, 1.165) is 12.3 Å². The van der Waals surface area contributed by atoms with Gasteiger partial charge in [-0.1, -0.05) is 17.4 Å². The quantitative estimate of drug-likeness (QED) is 0.524. The van der Waals surface area contributed by atoms with E-state index in [9.17, 15) is 4.39 Å². The minimum absolute atomic E-state index is 0.199. The van der Waals surface area contributed by atoms with Crippen LogP contribution in [0.15, 0.2) is 12.3 Å². The molecule has 1 aromatic heterocycles. The molecule has 0 bridgehead atoms. The number of aromatic nitrogens is 1. The van der Waals surface area contributed by atoms with Gasteiger partial charge in [0.15, 0.2) is 0 Å².